The number of alkyl halides is 2. The maximum Gasteiger partial charge on any atom is 0.387 e. The smallest absolute Gasteiger partial charge is 0.387 e. The van der Waals surface area contributed by atoms with E-state index in [1.165, 1.54) is 12.1 Å². The molecule has 2 aromatic carbocycles. The molecule has 0 unspecified atom stereocenters. The standard InChI is InChI=1S/C16H12F2N2O2/c17-16(18)22-14-6-4-11(5-7-14)9-15(21)20-13-3-1-2-12(8-13)10-19/h1-8,16H,9H2,(H,20,21). The number of nitrogens with one attached hydrogen (secondary N) is 1. The predicted molar refractivity (Wildman–Crippen MR) is 76.6 cm³/mol. The molecule has 0 aliphatic rings. The second-order valence-electron chi connectivity index (χ2n) is 4.44. The molecule has 0 spiro atoms. The molecular weight excluding hydrogens is 290 g/mol. The zero-order valence-corrected chi connectivity index (χ0v) is 11.4. The van der Waals surface area contributed by atoms with Gasteiger partial charge in [-0.15, -0.1) is 0 Å². The van der Waals surface area contributed by atoms with Crippen LogP contribution in [0.25, 0.3) is 0 Å². The summed E-state index contributed by atoms with van der Waals surface area (Å²) < 4.78 is 28.3. The Kier molecular flexibility index (Phi) is 5.04. The van der Waals surface area contributed by atoms with E-state index in [2.05, 4.69) is 10.1 Å². The van der Waals surface area contributed by atoms with Gasteiger partial charge in [-0.25, -0.2) is 0 Å². The molecule has 1 amide bonds. The molecule has 0 aliphatic heterocycles. The van der Waals surface area contributed by atoms with Crippen molar-refractivity contribution < 1.29 is 18.3 Å². The SMILES string of the molecule is N#Cc1cccc(NC(=O)Cc2ccc(OC(F)F)cc2)c1. The number of hydrogen-bond donors (Lipinski definition) is 1. The van der Waals surface area contributed by atoms with E-state index in [0.29, 0.717) is 16.8 Å². The van der Waals surface area contributed by atoms with Crippen molar-refractivity contribution in [1.29, 1.82) is 5.26 Å². The summed E-state index contributed by atoms with van der Waals surface area (Å²) in [5.74, 6) is -0.224. The lowest BCUT2D eigenvalue weighted by molar-refractivity contribution is -0.115. The Morgan fingerprint density at radius 3 is 2.59 bits per heavy atom. The van der Waals surface area contributed by atoms with Gasteiger partial charge in [0.15, 0.2) is 0 Å². The van der Waals surface area contributed by atoms with Crippen molar-refractivity contribution in [2.45, 2.75) is 13.0 Å². The third kappa shape index (κ3) is 4.56. The second kappa shape index (κ2) is 7.18. The van der Waals surface area contributed by atoms with Gasteiger partial charge < -0.3 is 10.1 Å². The number of nitriles is 1. The van der Waals surface area contributed by atoms with Crippen molar-refractivity contribution in [2.24, 2.45) is 0 Å². The van der Waals surface area contributed by atoms with Crippen molar-refractivity contribution in [2.75, 3.05) is 5.32 Å². The van der Waals surface area contributed by atoms with Crippen LogP contribution in [0, 0.1) is 11.3 Å². The minimum Gasteiger partial charge on any atom is -0.435 e. The summed E-state index contributed by atoms with van der Waals surface area (Å²) in [6.07, 6.45) is 0.0890. The molecule has 0 heterocycles. The van der Waals surface area contributed by atoms with Gasteiger partial charge in [-0.3, -0.25) is 4.79 Å². The van der Waals surface area contributed by atoms with Crippen LogP contribution in [0.3, 0.4) is 0 Å². The lowest BCUT2D eigenvalue weighted by atomic mass is 10.1. The number of ether oxygens (including phenoxy) is 1. The van der Waals surface area contributed by atoms with Crippen LogP contribution in [-0.4, -0.2) is 12.5 Å². The third-order valence-corrected chi connectivity index (χ3v) is 2.79. The summed E-state index contributed by atoms with van der Waals surface area (Å²) in [4.78, 5) is 11.9. The Bertz CT molecular complexity index is 694. The van der Waals surface area contributed by atoms with E-state index in [-0.39, 0.29) is 18.1 Å². The van der Waals surface area contributed by atoms with E-state index in [9.17, 15) is 13.6 Å². The number of carbonyl (C=O) groups excluding carboxylic acids is 1. The fourth-order valence-corrected chi connectivity index (χ4v) is 1.85. The minimum absolute atomic E-state index is 0.0425. The number of nitrogens with zero attached hydrogens (tertiary/aromatic N) is 1. The molecule has 0 fully saturated rings. The van der Waals surface area contributed by atoms with Crippen LogP contribution in [0.5, 0.6) is 5.75 Å². The molecule has 0 radical (unpaired) electrons. The zero-order valence-electron chi connectivity index (χ0n) is 11.4. The first kappa shape index (κ1) is 15.4. The third-order valence-electron chi connectivity index (χ3n) is 2.79. The van der Waals surface area contributed by atoms with Gasteiger partial charge in [0.25, 0.3) is 0 Å². The predicted octanol–water partition coefficient (Wildman–Crippen LogP) is 3.34. The van der Waals surface area contributed by atoms with Gasteiger partial charge >= 0.3 is 6.61 Å². The molecule has 0 saturated heterocycles. The topological polar surface area (TPSA) is 62.1 Å². The summed E-state index contributed by atoms with van der Waals surface area (Å²) >= 11 is 0. The van der Waals surface area contributed by atoms with Gasteiger partial charge in [0.1, 0.15) is 5.75 Å². The van der Waals surface area contributed by atoms with Gasteiger partial charge in [0.2, 0.25) is 5.91 Å². The molecule has 112 valence electrons. The highest BCUT2D eigenvalue weighted by Gasteiger charge is 2.07. The Balaban J connectivity index is 1.95. The van der Waals surface area contributed by atoms with Gasteiger partial charge in [-0.2, -0.15) is 14.0 Å². The van der Waals surface area contributed by atoms with Crippen LogP contribution >= 0.6 is 0 Å². The van der Waals surface area contributed by atoms with Crippen LogP contribution in [0.15, 0.2) is 48.5 Å². The lowest BCUT2D eigenvalue weighted by Gasteiger charge is -2.07. The van der Waals surface area contributed by atoms with Crippen molar-refractivity contribution in [3.05, 3.63) is 59.7 Å². The minimum atomic E-state index is -2.87. The van der Waals surface area contributed by atoms with Crippen molar-refractivity contribution in [1.82, 2.24) is 0 Å². The van der Waals surface area contributed by atoms with Crippen molar-refractivity contribution in [3.8, 4) is 11.8 Å². The lowest BCUT2D eigenvalue weighted by Crippen LogP contribution is -2.14. The van der Waals surface area contributed by atoms with E-state index in [0.717, 1.165) is 0 Å². The van der Waals surface area contributed by atoms with Crippen LogP contribution in [0.4, 0.5) is 14.5 Å². The molecule has 2 aromatic rings. The summed E-state index contributed by atoms with van der Waals surface area (Å²) in [5.41, 5.74) is 1.64. The van der Waals surface area contributed by atoms with E-state index in [1.807, 2.05) is 6.07 Å². The van der Waals surface area contributed by atoms with E-state index >= 15 is 0 Å². The molecule has 22 heavy (non-hydrogen) atoms. The number of halogens is 2. The van der Waals surface area contributed by atoms with Crippen LogP contribution in [0.2, 0.25) is 0 Å². The highest BCUT2D eigenvalue weighted by molar-refractivity contribution is 5.92. The fraction of sp³-hybridized carbons (Fsp3) is 0.125. The van der Waals surface area contributed by atoms with Gasteiger partial charge in [0, 0.05) is 5.69 Å². The second-order valence-corrected chi connectivity index (χ2v) is 4.44. The number of amides is 1. The van der Waals surface area contributed by atoms with Gasteiger partial charge in [-0.05, 0) is 35.9 Å². The van der Waals surface area contributed by atoms with Crippen LogP contribution in [-0.2, 0) is 11.2 Å². The summed E-state index contributed by atoms with van der Waals surface area (Å²) in [7, 11) is 0. The molecule has 6 heteroatoms. The van der Waals surface area contributed by atoms with E-state index in [1.54, 1.807) is 36.4 Å². The molecule has 1 N–H and O–H groups in total. The molecule has 0 aromatic heterocycles. The highest BCUT2D eigenvalue weighted by Crippen LogP contribution is 2.16. The number of anilines is 1. The van der Waals surface area contributed by atoms with Gasteiger partial charge in [-0.1, -0.05) is 18.2 Å². The fourth-order valence-electron chi connectivity index (χ4n) is 1.85. The first-order chi connectivity index (χ1) is 10.6. The maximum absolute atomic E-state index is 12.0. The molecule has 0 saturated carbocycles. The van der Waals surface area contributed by atoms with E-state index < -0.39 is 6.61 Å². The average Bonchev–Trinajstić information content (AvgIpc) is 2.49. The Morgan fingerprint density at radius 1 is 1.23 bits per heavy atom. The Morgan fingerprint density at radius 2 is 1.95 bits per heavy atom. The maximum atomic E-state index is 12.0. The summed E-state index contributed by atoms with van der Waals surface area (Å²) in [6, 6.07) is 14.4. The number of benzene rings is 2. The van der Waals surface area contributed by atoms with Crippen LogP contribution in [0.1, 0.15) is 11.1 Å². The molecule has 0 bridgehead atoms. The molecular formula is C16H12F2N2O2. The van der Waals surface area contributed by atoms with Crippen molar-refractivity contribution in [3.63, 3.8) is 0 Å². The monoisotopic (exact) mass is 302 g/mol. The molecule has 4 nitrogen and oxygen atoms in total. The largest absolute Gasteiger partial charge is 0.435 e. The van der Waals surface area contributed by atoms with Crippen LogP contribution < -0.4 is 10.1 Å². The summed E-state index contributed by atoms with van der Waals surface area (Å²) in [6.45, 7) is -2.87. The molecule has 0 aliphatic carbocycles. The Labute approximate surface area is 125 Å². The number of carbonyl (C=O) groups is 1. The Hall–Kier alpha value is -2.94. The molecule has 0 atom stereocenters. The van der Waals surface area contributed by atoms with E-state index in [4.69, 9.17) is 5.26 Å². The first-order valence-corrected chi connectivity index (χ1v) is 6.40. The molecule has 2 rings (SSSR count). The number of hydrogen-bond acceptors (Lipinski definition) is 3. The normalized spacial score (nSPS) is 10.1. The highest BCUT2D eigenvalue weighted by atomic mass is 19.3. The quantitative estimate of drug-likeness (QED) is 0.921. The summed E-state index contributed by atoms with van der Waals surface area (Å²) in [5, 5.41) is 11.5. The average molecular weight is 302 g/mol. The number of rotatable bonds is 5. The first-order valence-electron chi connectivity index (χ1n) is 6.40. The van der Waals surface area contributed by atoms with Crippen molar-refractivity contribution >= 4 is 11.6 Å². The van der Waals surface area contributed by atoms with Gasteiger partial charge in [0.05, 0.1) is 18.1 Å². The zero-order chi connectivity index (χ0) is 15.9.